The van der Waals surface area contributed by atoms with E-state index in [2.05, 4.69) is 14.9 Å². The molecule has 22 heavy (non-hydrogen) atoms. The van der Waals surface area contributed by atoms with Crippen LogP contribution < -0.4 is 16.1 Å². The maximum Gasteiger partial charge on any atom is 0.329 e. The van der Waals surface area contributed by atoms with E-state index in [0.717, 1.165) is 25.2 Å². The molecule has 0 saturated carbocycles. The fraction of sp³-hybridized carbons (Fsp3) is 0.267. The van der Waals surface area contributed by atoms with Crippen LogP contribution in [0, 0.1) is 0 Å². The number of hydrogen-bond acceptors (Lipinski definition) is 4. The number of benzene rings is 1. The maximum absolute atomic E-state index is 12.2. The Morgan fingerprint density at radius 1 is 1.14 bits per heavy atom. The first-order valence-electron chi connectivity index (χ1n) is 7.19. The van der Waals surface area contributed by atoms with Crippen molar-refractivity contribution >= 4 is 22.8 Å². The molecule has 1 aliphatic heterocycles. The van der Waals surface area contributed by atoms with Crippen molar-refractivity contribution in [1.82, 2.24) is 19.1 Å². The molecule has 4 rings (SSSR count). The second kappa shape index (κ2) is 4.59. The fourth-order valence-electron chi connectivity index (χ4n) is 2.98. The van der Waals surface area contributed by atoms with Gasteiger partial charge in [0, 0.05) is 25.8 Å². The Kier molecular flexibility index (Phi) is 2.69. The highest BCUT2D eigenvalue weighted by Crippen LogP contribution is 2.30. The number of nitrogens with zero attached hydrogens (tertiary/aromatic N) is 4. The van der Waals surface area contributed by atoms with Crippen LogP contribution in [0.25, 0.3) is 11.2 Å². The monoisotopic (exact) mass is 297 g/mol. The van der Waals surface area contributed by atoms with Gasteiger partial charge in [-0.25, -0.2) is 4.79 Å². The normalized spacial score (nSPS) is 14.3. The lowest BCUT2D eigenvalue weighted by Crippen LogP contribution is -2.31. The van der Waals surface area contributed by atoms with Crippen molar-refractivity contribution in [3.8, 4) is 0 Å². The summed E-state index contributed by atoms with van der Waals surface area (Å²) in [5.41, 5.74) is 1.08. The van der Waals surface area contributed by atoms with E-state index in [1.54, 1.807) is 7.05 Å². The van der Waals surface area contributed by atoms with Gasteiger partial charge >= 0.3 is 5.69 Å². The molecule has 0 radical (unpaired) electrons. The molecule has 0 bridgehead atoms. The first-order chi connectivity index (χ1) is 10.7. The quantitative estimate of drug-likeness (QED) is 0.726. The fourth-order valence-corrected chi connectivity index (χ4v) is 2.98. The number of hydrogen-bond donors (Lipinski definition) is 1. The van der Waals surface area contributed by atoms with E-state index in [-0.39, 0.29) is 5.56 Å². The third-order valence-electron chi connectivity index (χ3n) is 4.06. The van der Waals surface area contributed by atoms with Gasteiger partial charge in [0.1, 0.15) is 0 Å². The molecular formula is C15H15N5O2. The summed E-state index contributed by atoms with van der Waals surface area (Å²) < 4.78 is 3.27. The predicted octanol–water partition coefficient (Wildman–Crippen LogP) is 0.965. The SMILES string of the molecule is Cn1c(=O)[nH]c(=O)c2c1nc1n2CCCN1c1ccccc1. The van der Waals surface area contributed by atoms with Crippen molar-refractivity contribution in [2.75, 3.05) is 11.4 Å². The molecule has 3 heterocycles. The van der Waals surface area contributed by atoms with Crippen molar-refractivity contribution in [1.29, 1.82) is 0 Å². The molecule has 0 unspecified atom stereocenters. The van der Waals surface area contributed by atoms with E-state index in [1.165, 1.54) is 4.57 Å². The number of nitrogens with one attached hydrogen (secondary N) is 1. The van der Waals surface area contributed by atoms with Crippen LogP contribution in [0.2, 0.25) is 0 Å². The van der Waals surface area contributed by atoms with Crippen LogP contribution in [0.15, 0.2) is 39.9 Å². The highest BCUT2D eigenvalue weighted by atomic mass is 16.2. The molecule has 7 heteroatoms. The van der Waals surface area contributed by atoms with E-state index in [4.69, 9.17) is 0 Å². The Hall–Kier alpha value is -2.83. The van der Waals surface area contributed by atoms with E-state index in [9.17, 15) is 9.59 Å². The lowest BCUT2D eigenvalue weighted by Gasteiger charge is -2.28. The lowest BCUT2D eigenvalue weighted by atomic mass is 10.2. The highest BCUT2D eigenvalue weighted by molar-refractivity contribution is 5.76. The Bertz CT molecular complexity index is 967. The molecule has 0 saturated heterocycles. The van der Waals surface area contributed by atoms with E-state index in [1.807, 2.05) is 34.9 Å². The summed E-state index contributed by atoms with van der Waals surface area (Å²) in [6.07, 6.45) is 0.912. The van der Waals surface area contributed by atoms with E-state index < -0.39 is 5.69 Å². The lowest BCUT2D eigenvalue weighted by molar-refractivity contribution is 0.602. The van der Waals surface area contributed by atoms with Crippen LogP contribution in [0.4, 0.5) is 11.6 Å². The first-order valence-corrected chi connectivity index (χ1v) is 7.19. The molecule has 0 aliphatic carbocycles. The molecule has 2 aromatic heterocycles. The molecule has 1 aromatic carbocycles. The summed E-state index contributed by atoms with van der Waals surface area (Å²) in [6.45, 7) is 1.55. The Balaban J connectivity index is 2.03. The highest BCUT2D eigenvalue weighted by Gasteiger charge is 2.25. The number of fused-ring (bicyclic) bond motifs is 3. The van der Waals surface area contributed by atoms with Crippen molar-refractivity contribution in [3.63, 3.8) is 0 Å². The van der Waals surface area contributed by atoms with Gasteiger partial charge < -0.3 is 9.47 Å². The van der Waals surface area contributed by atoms with Gasteiger partial charge in [-0.05, 0) is 18.6 Å². The van der Waals surface area contributed by atoms with E-state index >= 15 is 0 Å². The number of anilines is 2. The summed E-state index contributed by atoms with van der Waals surface area (Å²) in [4.78, 5) is 32.9. The molecule has 1 aliphatic rings. The summed E-state index contributed by atoms with van der Waals surface area (Å²) in [5, 5.41) is 0. The molecule has 0 spiro atoms. The van der Waals surface area contributed by atoms with Gasteiger partial charge in [0.2, 0.25) is 5.95 Å². The maximum atomic E-state index is 12.2. The van der Waals surface area contributed by atoms with Crippen molar-refractivity contribution < 1.29 is 0 Å². The van der Waals surface area contributed by atoms with Crippen LogP contribution in [0.5, 0.6) is 0 Å². The average molecular weight is 297 g/mol. The zero-order chi connectivity index (χ0) is 15.3. The van der Waals surface area contributed by atoms with Crippen LogP contribution in [0.3, 0.4) is 0 Å². The molecular weight excluding hydrogens is 282 g/mol. The van der Waals surface area contributed by atoms with Gasteiger partial charge in [0.15, 0.2) is 11.2 Å². The smallest absolute Gasteiger partial charge is 0.312 e. The minimum Gasteiger partial charge on any atom is -0.312 e. The Labute approximate surface area is 125 Å². The van der Waals surface area contributed by atoms with Gasteiger partial charge in [0.05, 0.1) is 0 Å². The molecule has 0 amide bonds. The van der Waals surface area contributed by atoms with Gasteiger partial charge in [0.25, 0.3) is 5.56 Å². The van der Waals surface area contributed by atoms with Crippen LogP contribution >= 0.6 is 0 Å². The van der Waals surface area contributed by atoms with Gasteiger partial charge in [-0.2, -0.15) is 4.98 Å². The average Bonchev–Trinajstić information content (AvgIpc) is 2.93. The number of rotatable bonds is 1. The molecule has 3 aromatic rings. The minimum absolute atomic E-state index is 0.383. The number of imidazole rings is 1. The molecule has 0 fully saturated rings. The van der Waals surface area contributed by atoms with Crippen LogP contribution in [-0.2, 0) is 13.6 Å². The van der Waals surface area contributed by atoms with Crippen LogP contribution in [0.1, 0.15) is 6.42 Å². The van der Waals surface area contributed by atoms with Crippen molar-refractivity contribution in [2.45, 2.75) is 13.0 Å². The number of aryl methyl sites for hydroxylation is 2. The summed E-state index contributed by atoms with van der Waals surface area (Å²) in [6, 6.07) is 9.93. The van der Waals surface area contributed by atoms with Crippen LogP contribution in [-0.4, -0.2) is 25.6 Å². The zero-order valence-electron chi connectivity index (χ0n) is 12.1. The van der Waals surface area contributed by atoms with Crippen molar-refractivity contribution in [3.05, 3.63) is 51.2 Å². The second-order valence-electron chi connectivity index (χ2n) is 5.39. The number of H-pyrrole nitrogens is 1. The third kappa shape index (κ3) is 1.71. The van der Waals surface area contributed by atoms with E-state index in [0.29, 0.717) is 17.1 Å². The second-order valence-corrected chi connectivity index (χ2v) is 5.39. The standard InChI is InChI=1S/C15H15N5O2/c1-18-12-11(13(21)17-15(18)22)20-9-5-8-19(14(20)16-12)10-6-3-2-4-7-10/h2-4,6-7H,5,8-9H2,1H3,(H,17,21,22). The molecule has 1 N–H and O–H groups in total. The first kappa shape index (κ1) is 12.9. The van der Waals surface area contributed by atoms with Gasteiger partial charge in [-0.3, -0.25) is 14.3 Å². The third-order valence-corrected chi connectivity index (χ3v) is 4.06. The van der Waals surface area contributed by atoms with Gasteiger partial charge in [-0.15, -0.1) is 0 Å². The molecule has 7 nitrogen and oxygen atoms in total. The summed E-state index contributed by atoms with van der Waals surface area (Å²) in [5.74, 6) is 0.708. The Morgan fingerprint density at radius 2 is 1.91 bits per heavy atom. The predicted molar refractivity (Wildman–Crippen MR) is 83.7 cm³/mol. The minimum atomic E-state index is -0.445. The number of aromatic amines is 1. The van der Waals surface area contributed by atoms with Crippen molar-refractivity contribution in [2.24, 2.45) is 7.05 Å². The number of aromatic nitrogens is 4. The van der Waals surface area contributed by atoms with Gasteiger partial charge in [-0.1, -0.05) is 18.2 Å². The zero-order valence-corrected chi connectivity index (χ0v) is 12.1. The Morgan fingerprint density at radius 3 is 2.68 bits per heavy atom. The largest absolute Gasteiger partial charge is 0.329 e. The topological polar surface area (TPSA) is 75.9 Å². The molecule has 112 valence electrons. The number of para-hydroxylation sites is 1. The molecule has 0 atom stereocenters. The summed E-state index contributed by atoms with van der Waals surface area (Å²) in [7, 11) is 1.62. The summed E-state index contributed by atoms with van der Waals surface area (Å²) >= 11 is 0.